The number of guanidine groups is 1. The van der Waals surface area contributed by atoms with Crippen LogP contribution >= 0.6 is 24.0 Å². The fourth-order valence-corrected chi connectivity index (χ4v) is 4.33. The summed E-state index contributed by atoms with van der Waals surface area (Å²) in [5.74, 6) is 0.842. The van der Waals surface area contributed by atoms with Gasteiger partial charge in [-0.25, -0.2) is 0 Å². The molecular formula is C23H37IN4O3. The van der Waals surface area contributed by atoms with Crippen molar-refractivity contribution >= 4 is 35.9 Å². The van der Waals surface area contributed by atoms with Crippen molar-refractivity contribution in [2.45, 2.75) is 50.8 Å². The molecule has 0 spiro atoms. The van der Waals surface area contributed by atoms with E-state index in [2.05, 4.69) is 55.2 Å². The number of benzene rings is 1. The first-order chi connectivity index (χ1) is 14.7. The van der Waals surface area contributed by atoms with Crippen molar-refractivity contribution in [2.75, 3.05) is 46.9 Å². The second-order valence-electron chi connectivity index (χ2n) is 8.05. The summed E-state index contributed by atoms with van der Waals surface area (Å²) in [6, 6.07) is 11.1. The van der Waals surface area contributed by atoms with E-state index in [1.54, 1.807) is 0 Å². The van der Waals surface area contributed by atoms with Gasteiger partial charge in [-0.05, 0) is 18.4 Å². The second kappa shape index (κ2) is 13.9. The van der Waals surface area contributed by atoms with Gasteiger partial charge in [0, 0.05) is 46.2 Å². The first kappa shape index (κ1) is 25.9. The Morgan fingerprint density at radius 3 is 2.71 bits per heavy atom. The molecule has 3 rings (SSSR count). The summed E-state index contributed by atoms with van der Waals surface area (Å²) in [6.45, 7) is 5.45. The number of hydrogen-bond acceptors (Lipinski definition) is 5. The molecule has 2 heterocycles. The number of ether oxygens (including phenoxy) is 2. The molecule has 7 nitrogen and oxygen atoms in total. The highest BCUT2D eigenvalue weighted by Gasteiger charge is 2.41. The van der Waals surface area contributed by atoms with Crippen LogP contribution in [0.2, 0.25) is 0 Å². The van der Waals surface area contributed by atoms with Crippen LogP contribution in [0.15, 0.2) is 35.3 Å². The molecule has 2 saturated heterocycles. The average molecular weight is 544 g/mol. The Labute approximate surface area is 203 Å². The summed E-state index contributed by atoms with van der Waals surface area (Å²) < 4.78 is 10.8. The van der Waals surface area contributed by atoms with E-state index in [0.717, 1.165) is 71.0 Å². The van der Waals surface area contributed by atoms with E-state index in [1.165, 1.54) is 12.7 Å². The number of carbonyl (C=O) groups excluding carboxylic acids is 1. The molecule has 0 aliphatic carbocycles. The maximum Gasteiger partial charge on any atom is 0.305 e. The van der Waals surface area contributed by atoms with Crippen LogP contribution in [0.1, 0.15) is 37.7 Å². The van der Waals surface area contributed by atoms with Crippen LogP contribution in [0, 0.1) is 0 Å². The highest BCUT2D eigenvalue weighted by molar-refractivity contribution is 14.0. The summed E-state index contributed by atoms with van der Waals surface area (Å²) in [6.07, 6.45) is 4.86. The van der Waals surface area contributed by atoms with Crippen molar-refractivity contribution in [1.82, 2.24) is 15.1 Å². The molecule has 0 amide bonds. The smallest absolute Gasteiger partial charge is 0.305 e. The van der Waals surface area contributed by atoms with Gasteiger partial charge in [0.25, 0.3) is 0 Å². The molecule has 2 aliphatic heterocycles. The minimum absolute atomic E-state index is 0. The lowest BCUT2D eigenvalue weighted by atomic mass is 10.1. The van der Waals surface area contributed by atoms with Crippen molar-refractivity contribution in [2.24, 2.45) is 4.99 Å². The van der Waals surface area contributed by atoms with Crippen molar-refractivity contribution < 1.29 is 14.3 Å². The molecule has 174 valence electrons. The fourth-order valence-electron chi connectivity index (χ4n) is 4.33. The molecule has 2 unspecified atom stereocenters. The predicted octanol–water partition coefficient (Wildman–Crippen LogP) is 2.89. The maximum atomic E-state index is 11.1. The first-order valence-electron chi connectivity index (χ1n) is 11.1. The van der Waals surface area contributed by atoms with Gasteiger partial charge in [0.15, 0.2) is 5.96 Å². The van der Waals surface area contributed by atoms with Crippen molar-refractivity contribution in [3.05, 3.63) is 35.9 Å². The van der Waals surface area contributed by atoms with Gasteiger partial charge in [0.05, 0.1) is 25.9 Å². The van der Waals surface area contributed by atoms with Gasteiger partial charge in [-0.15, -0.1) is 24.0 Å². The molecule has 31 heavy (non-hydrogen) atoms. The van der Waals surface area contributed by atoms with E-state index in [4.69, 9.17) is 4.74 Å². The molecule has 8 heteroatoms. The van der Waals surface area contributed by atoms with Gasteiger partial charge in [0.1, 0.15) is 0 Å². The lowest BCUT2D eigenvalue weighted by Crippen LogP contribution is -2.50. The number of nitrogens with one attached hydrogen (secondary N) is 1. The number of halogens is 1. The summed E-state index contributed by atoms with van der Waals surface area (Å²) in [5.41, 5.74) is 1.35. The van der Waals surface area contributed by atoms with Gasteiger partial charge < -0.3 is 19.7 Å². The van der Waals surface area contributed by atoms with Crippen LogP contribution in [-0.2, 0) is 20.8 Å². The van der Waals surface area contributed by atoms with E-state index < -0.39 is 0 Å². The SMILES string of the molecule is CN=C(NCCCCCCC(=O)OC)N1CC2OCCN(Cc3ccccc3)C2C1.I. The van der Waals surface area contributed by atoms with Crippen LogP contribution in [0.3, 0.4) is 0 Å². The third kappa shape index (κ3) is 7.91. The minimum atomic E-state index is -0.118. The zero-order chi connectivity index (χ0) is 21.2. The molecule has 1 aromatic carbocycles. The first-order valence-corrected chi connectivity index (χ1v) is 11.1. The van der Waals surface area contributed by atoms with Crippen LogP contribution in [0.25, 0.3) is 0 Å². The number of esters is 1. The van der Waals surface area contributed by atoms with E-state index in [-0.39, 0.29) is 36.0 Å². The Kier molecular flexibility index (Phi) is 11.6. The largest absolute Gasteiger partial charge is 0.469 e. The number of morpholine rings is 1. The number of aliphatic imine (C=N–C) groups is 1. The standard InChI is InChI=1S/C23H36N4O3.HI/c1-24-23(25-13-9-4-3-8-12-22(28)29-2)27-17-20-21(18-27)30-15-14-26(20)16-19-10-6-5-7-11-19;/h5-7,10-11,20-21H,3-4,8-9,12-18H2,1-2H3,(H,24,25);1H. The minimum Gasteiger partial charge on any atom is -0.469 e. The van der Waals surface area contributed by atoms with Gasteiger partial charge in [-0.2, -0.15) is 0 Å². The molecule has 0 aromatic heterocycles. The topological polar surface area (TPSA) is 66.4 Å². The quantitative estimate of drug-likeness (QED) is 0.170. The molecule has 2 fully saturated rings. The normalized spacial score (nSPS) is 21.4. The Morgan fingerprint density at radius 2 is 1.97 bits per heavy atom. The van der Waals surface area contributed by atoms with Crippen LogP contribution < -0.4 is 5.32 Å². The number of carbonyl (C=O) groups is 1. The molecule has 0 bridgehead atoms. The Hall–Kier alpha value is -1.39. The summed E-state index contributed by atoms with van der Waals surface area (Å²) in [7, 11) is 3.29. The second-order valence-corrected chi connectivity index (χ2v) is 8.05. The van der Waals surface area contributed by atoms with Gasteiger partial charge in [-0.3, -0.25) is 14.7 Å². The maximum absolute atomic E-state index is 11.1. The van der Waals surface area contributed by atoms with Crippen molar-refractivity contribution in [3.8, 4) is 0 Å². The van der Waals surface area contributed by atoms with Crippen LogP contribution in [0.4, 0.5) is 0 Å². The molecular weight excluding hydrogens is 507 g/mol. The predicted molar refractivity (Wildman–Crippen MR) is 134 cm³/mol. The zero-order valence-corrected chi connectivity index (χ0v) is 21.1. The lowest BCUT2D eigenvalue weighted by Gasteiger charge is -2.36. The Balaban J connectivity index is 0.00000341. The van der Waals surface area contributed by atoms with Gasteiger partial charge in [-0.1, -0.05) is 43.2 Å². The van der Waals surface area contributed by atoms with Crippen molar-refractivity contribution in [3.63, 3.8) is 0 Å². The molecule has 0 radical (unpaired) electrons. The lowest BCUT2D eigenvalue weighted by molar-refractivity contribution is -0.140. The van der Waals surface area contributed by atoms with Gasteiger partial charge >= 0.3 is 5.97 Å². The fraction of sp³-hybridized carbons (Fsp3) is 0.652. The number of likely N-dealkylation sites (tertiary alicyclic amines) is 1. The molecule has 2 atom stereocenters. The molecule has 1 N–H and O–H groups in total. The summed E-state index contributed by atoms with van der Waals surface area (Å²) in [4.78, 5) is 20.5. The monoisotopic (exact) mass is 544 g/mol. The molecule has 0 saturated carbocycles. The van der Waals surface area contributed by atoms with Gasteiger partial charge in [0.2, 0.25) is 0 Å². The van der Waals surface area contributed by atoms with E-state index in [0.29, 0.717) is 12.5 Å². The number of fused-ring (bicyclic) bond motifs is 1. The van der Waals surface area contributed by atoms with Crippen LogP contribution in [-0.4, -0.2) is 80.8 Å². The highest BCUT2D eigenvalue weighted by Crippen LogP contribution is 2.24. The number of unbranched alkanes of at least 4 members (excludes halogenated alkanes) is 3. The van der Waals surface area contributed by atoms with E-state index >= 15 is 0 Å². The third-order valence-electron chi connectivity index (χ3n) is 5.97. The highest BCUT2D eigenvalue weighted by atomic mass is 127. The summed E-state index contributed by atoms with van der Waals surface area (Å²) in [5, 5.41) is 3.51. The molecule has 2 aliphatic rings. The number of nitrogens with zero attached hydrogens (tertiary/aromatic N) is 3. The van der Waals surface area contributed by atoms with E-state index in [9.17, 15) is 4.79 Å². The Morgan fingerprint density at radius 1 is 1.19 bits per heavy atom. The number of methoxy groups -OCH3 is 1. The number of rotatable bonds is 9. The van der Waals surface area contributed by atoms with Crippen molar-refractivity contribution in [1.29, 1.82) is 0 Å². The zero-order valence-electron chi connectivity index (χ0n) is 18.8. The molecule has 1 aromatic rings. The third-order valence-corrected chi connectivity index (χ3v) is 5.97. The Bertz CT molecular complexity index is 689. The summed E-state index contributed by atoms with van der Waals surface area (Å²) >= 11 is 0. The number of hydrogen-bond donors (Lipinski definition) is 1. The van der Waals surface area contributed by atoms with E-state index in [1.807, 2.05) is 7.05 Å². The average Bonchev–Trinajstić information content (AvgIpc) is 3.21. The van der Waals surface area contributed by atoms with Crippen LogP contribution in [0.5, 0.6) is 0 Å².